The Morgan fingerprint density at radius 1 is 1.06 bits per heavy atom. The van der Waals surface area contributed by atoms with Crippen molar-refractivity contribution in [2.24, 2.45) is 0 Å². The Kier molecular flexibility index (Phi) is 3.24. The van der Waals surface area contributed by atoms with E-state index in [2.05, 4.69) is 5.32 Å². The highest BCUT2D eigenvalue weighted by Gasteiger charge is 2.07. The van der Waals surface area contributed by atoms with Gasteiger partial charge in [-0.2, -0.15) is 5.26 Å². The van der Waals surface area contributed by atoms with Crippen LogP contribution in [0.25, 0.3) is 0 Å². The van der Waals surface area contributed by atoms with Crippen molar-refractivity contribution >= 4 is 11.4 Å². The third-order valence-corrected chi connectivity index (χ3v) is 2.64. The number of nitrogens with zero attached hydrogens (tertiary/aromatic N) is 1. The van der Waals surface area contributed by atoms with Crippen LogP contribution in [-0.2, 0) is 0 Å². The molecule has 4 heteroatoms. The zero-order chi connectivity index (χ0) is 13.1. The molecule has 0 saturated carbocycles. The lowest BCUT2D eigenvalue weighted by atomic mass is 10.1. The summed E-state index contributed by atoms with van der Waals surface area (Å²) in [6.45, 7) is 1.61. The van der Waals surface area contributed by atoms with E-state index in [1.165, 1.54) is 18.2 Å². The first-order valence-electron chi connectivity index (χ1n) is 5.33. The van der Waals surface area contributed by atoms with Crippen LogP contribution >= 0.6 is 0 Å². The minimum atomic E-state index is -0.544. The average molecular weight is 244 g/mol. The smallest absolute Gasteiger partial charge is 0.147 e. The molecule has 0 saturated heterocycles. The number of rotatable bonds is 2. The van der Waals surface area contributed by atoms with Gasteiger partial charge in [0.1, 0.15) is 11.6 Å². The summed E-state index contributed by atoms with van der Waals surface area (Å²) in [5, 5.41) is 11.4. The number of hydrogen-bond acceptors (Lipinski definition) is 2. The van der Waals surface area contributed by atoms with Gasteiger partial charge < -0.3 is 5.32 Å². The van der Waals surface area contributed by atoms with E-state index in [4.69, 9.17) is 5.26 Å². The summed E-state index contributed by atoms with van der Waals surface area (Å²) in [5.41, 5.74) is 1.37. The van der Waals surface area contributed by atoms with E-state index in [9.17, 15) is 8.78 Å². The highest BCUT2D eigenvalue weighted by Crippen LogP contribution is 2.24. The molecule has 0 spiro atoms. The minimum Gasteiger partial charge on any atom is -0.353 e. The SMILES string of the molecule is Cc1c(F)cccc1Nc1ccc(C#N)cc1F. The van der Waals surface area contributed by atoms with Crippen molar-refractivity contribution in [1.82, 2.24) is 0 Å². The number of anilines is 2. The van der Waals surface area contributed by atoms with Crippen molar-refractivity contribution in [3.63, 3.8) is 0 Å². The zero-order valence-corrected chi connectivity index (χ0v) is 9.67. The maximum atomic E-state index is 13.6. The molecule has 0 aliphatic rings. The highest BCUT2D eigenvalue weighted by atomic mass is 19.1. The van der Waals surface area contributed by atoms with E-state index < -0.39 is 5.82 Å². The molecule has 2 aromatic carbocycles. The van der Waals surface area contributed by atoms with E-state index >= 15 is 0 Å². The van der Waals surface area contributed by atoms with Gasteiger partial charge in [0.05, 0.1) is 17.3 Å². The van der Waals surface area contributed by atoms with Gasteiger partial charge in [-0.3, -0.25) is 0 Å². The van der Waals surface area contributed by atoms with Gasteiger partial charge in [-0.1, -0.05) is 6.07 Å². The lowest BCUT2D eigenvalue weighted by Gasteiger charge is -2.10. The fourth-order valence-electron chi connectivity index (χ4n) is 1.57. The Hall–Kier alpha value is -2.41. The molecule has 0 radical (unpaired) electrons. The summed E-state index contributed by atoms with van der Waals surface area (Å²) in [4.78, 5) is 0. The molecule has 0 aromatic heterocycles. The average Bonchev–Trinajstić information content (AvgIpc) is 2.37. The molecule has 0 aliphatic heterocycles. The summed E-state index contributed by atoms with van der Waals surface area (Å²) < 4.78 is 27.0. The molecule has 0 amide bonds. The predicted molar refractivity (Wildman–Crippen MR) is 65.5 cm³/mol. The van der Waals surface area contributed by atoms with Crippen LogP contribution in [0.1, 0.15) is 11.1 Å². The van der Waals surface area contributed by atoms with Gasteiger partial charge in [0.2, 0.25) is 0 Å². The molecule has 0 atom stereocenters. The third kappa shape index (κ3) is 2.30. The Bertz CT molecular complexity index is 630. The first-order chi connectivity index (χ1) is 8.61. The van der Waals surface area contributed by atoms with E-state index in [1.807, 2.05) is 6.07 Å². The van der Waals surface area contributed by atoms with Crippen LogP contribution in [-0.4, -0.2) is 0 Å². The van der Waals surface area contributed by atoms with E-state index in [0.717, 1.165) is 6.07 Å². The van der Waals surface area contributed by atoms with Crippen LogP contribution in [0.5, 0.6) is 0 Å². The normalized spacial score (nSPS) is 9.89. The summed E-state index contributed by atoms with van der Waals surface area (Å²) in [6.07, 6.45) is 0. The van der Waals surface area contributed by atoms with Gasteiger partial charge in [0.25, 0.3) is 0 Å². The number of benzene rings is 2. The van der Waals surface area contributed by atoms with Gasteiger partial charge in [-0.05, 0) is 37.3 Å². The summed E-state index contributed by atoms with van der Waals surface area (Å²) >= 11 is 0. The van der Waals surface area contributed by atoms with Crippen LogP contribution < -0.4 is 5.32 Å². The molecule has 0 unspecified atom stereocenters. The van der Waals surface area contributed by atoms with Gasteiger partial charge in [0, 0.05) is 11.3 Å². The monoisotopic (exact) mass is 244 g/mol. The highest BCUT2D eigenvalue weighted by molar-refractivity contribution is 5.64. The quantitative estimate of drug-likeness (QED) is 0.869. The third-order valence-electron chi connectivity index (χ3n) is 2.64. The fourth-order valence-corrected chi connectivity index (χ4v) is 1.57. The van der Waals surface area contributed by atoms with Crippen molar-refractivity contribution in [2.75, 3.05) is 5.32 Å². The predicted octanol–water partition coefficient (Wildman–Crippen LogP) is 3.89. The second-order valence-electron chi connectivity index (χ2n) is 3.84. The summed E-state index contributed by atoms with van der Waals surface area (Å²) in [6, 6.07) is 10.5. The van der Waals surface area contributed by atoms with Gasteiger partial charge in [-0.25, -0.2) is 8.78 Å². The van der Waals surface area contributed by atoms with Crippen LogP contribution in [0.3, 0.4) is 0 Å². The molecule has 0 bridgehead atoms. The van der Waals surface area contributed by atoms with Crippen LogP contribution in [0, 0.1) is 29.9 Å². The molecule has 0 aliphatic carbocycles. The Morgan fingerprint density at radius 2 is 1.83 bits per heavy atom. The lowest BCUT2D eigenvalue weighted by molar-refractivity contribution is 0.618. The van der Waals surface area contributed by atoms with Gasteiger partial charge in [0.15, 0.2) is 0 Å². The summed E-state index contributed by atoms with van der Waals surface area (Å²) in [7, 11) is 0. The topological polar surface area (TPSA) is 35.8 Å². The molecule has 2 rings (SSSR count). The van der Waals surface area contributed by atoms with Gasteiger partial charge in [-0.15, -0.1) is 0 Å². The first kappa shape index (κ1) is 12.1. The maximum absolute atomic E-state index is 13.6. The second-order valence-corrected chi connectivity index (χ2v) is 3.84. The second kappa shape index (κ2) is 4.84. The molecular formula is C14H10F2N2. The Labute approximate surface area is 103 Å². The van der Waals surface area contributed by atoms with E-state index in [1.54, 1.807) is 19.1 Å². The molecule has 90 valence electrons. The standard InChI is InChI=1S/C14H10F2N2/c1-9-11(15)3-2-4-13(9)18-14-6-5-10(8-17)7-12(14)16/h2-7,18H,1H3. The van der Waals surface area contributed by atoms with E-state index in [-0.39, 0.29) is 17.1 Å². The van der Waals surface area contributed by atoms with Gasteiger partial charge >= 0.3 is 0 Å². The van der Waals surface area contributed by atoms with Crippen molar-refractivity contribution < 1.29 is 8.78 Å². The zero-order valence-electron chi connectivity index (χ0n) is 9.67. The Morgan fingerprint density at radius 3 is 2.50 bits per heavy atom. The van der Waals surface area contributed by atoms with Crippen molar-refractivity contribution in [3.05, 3.63) is 59.2 Å². The number of nitriles is 1. The number of nitrogens with one attached hydrogen (secondary N) is 1. The summed E-state index contributed by atoms with van der Waals surface area (Å²) in [5.74, 6) is -0.897. The molecule has 2 aromatic rings. The van der Waals surface area contributed by atoms with Crippen molar-refractivity contribution in [2.45, 2.75) is 6.92 Å². The van der Waals surface area contributed by atoms with Crippen molar-refractivity contribution in [1.29, 1.82) is 5.26 Å². The van der Waals surface area contributed by atoms with Crippen LogP contribution in [0.4, 0.5) is 20.2 Å². The maximum Gasteiger partial charge on any atom is 0.147 e. The first-order valence-corrected chi connectivity index (χ1v) is 5.33. The molecule has 0 fully saturated rings. The number of halogens is 2. The molecule has 0 heterocycles. The van der Waals surface area contributed by atoms with E-state index in [0.29, 0.717) is 11.3 Å². The molecule has 2 nitrogen and oxygen atoms in total. The van der Waals surface area contributed by atoms with Crippen LogP contribution in [0.15, 0.2) is 36.4 Å². The fraction of sp³-hybridized carbons (Fsp3) is 0.0714. The molecule has 1 N–H and O–H groups in total. The van der Waals surface area contributed by atoms with Crippen molar-refractivity contribution in [3.8, 4) is 6.07 Å². The largest absolute Gasteiger partial charge is 0.353 e. The number of hydrogen-bond donors (Lipinski definition) is 1. The lowest BCUT2D eigenvalue weighted by Crippen LogP contribution is -1.97. The molecular weight excluding hydrogens is 234 g/mol. The van der Waals surface area contributed by atoms with Crippen LogP contribution in [0.2, 0.25) is 0 Å². The Balaban J connectivity index is 2.35. The molecule has 18 heavy (non-hydrogen) atoms. The minimum absolute atomic E-state index is 0.211.